The molecule has 85 heavy (non-hydrogen) atoms. The molecule has 4 unspecified atom stereocenters. The normalized spacial score (nSPS) is 20.6. The molecule has 1 saturated heterocycles. The summed E-state index contributed by atoms with van der Waals surface area (Å²) in [5.41, 5.74) is 13.4. The fraction of sp³-hybridized carbons (Fsp3) is 0.881. The second-order valence-corrected chi connectivity index (χ2v) is 24.1. The van der Waals surface area contributed by atoms with E-state index in [2.05, 4.69) is 24.5 Å². The van der Waals surface area contributed by atoms with Crippen LogP contribution in [-0.4, -0.2) is 175 Å². The van der Waals surface area contributed by atoms with Gasteiger partial charge in [0.15, 0.2) is 24.0 Å². The van der Waals surface area contributed by atoms with E-state index in [0.717, 1.165) is 78.6 Å². The number of nitrogens with one attached hydrogen (secondary N) is 2. The largest absolute Gasteiger partial charge is 0.479 e. The van der Waals surface area contributed by atoms with Gasteiger partial charge in [-0.25, -0.2) is 4.79 Å². The summed E-state index contributed by atoms with van der Waals surface area (Å²) < 4.78 is 39.8. The summed E-state index contributed by atoms with van der Waals surface area (Å²) in [6.07, 6.45) is 13.1. The highest BCUT2D eigenvalue weighted by molar-refractivity contribution is 7.32. The zero-order valence-electron chi connectivity index (χ0n) is 52.0. The topological polar surface area (TPSA) is 409 Å². The molecule has 0 radical (unpaired) electrons. The maximum absolute atomic E-state index is 14.5. The van der Waals surface area contributed by atoms with Crippen molar-refractivity contribution in [2.24, 2.45) is 17.2 Å². The van der Waals surface area contributed by atoms with Gasteiger partial charge in [-0.05, 0) is 40.0 Å². The van der Waals surface area contributed by atoms with E-state index < -0.39 is 161 Å². The molecule has 496 valence electrons. The quantitative estimate of drug-likeness (QED) is 0.0217. The number of nitrogens with zero attached hydrogens (tertiary/aromatic N) is 1. The van der Waals surface area contributed by atoms with Crippen LogP contribution in [0.2, 0.25) is 0 Å². The maximum Gasteiger partial charge on any atom is 0.332 e. The molecule has 0 aliphatic carbocycles. The highest BCUT2D eigenvalue weighted by atomic mass is 31.1. The molecule has 0 spiro atoms. The molecule has 0 aromatic carbocycles. The van der Waals surface area contributed by atoms with E-state index in [1.807, 2.05) is 0 Å². The summed E-state index contributed by atoms with van der Waals surface area (Å²) in [7, 11) is -3.93. The number of hydrogen-bond acceptors (Lipinski definition) is 19. The van der Waals surface area contributed by atoms with Crippen LogP contribution < -0.4 is 27.8 Å². The molecule has 13 atom stereocenters. The summed E-state index contributed by atoms with van der Waals surface area (Å²) in [6, 6.07) is -3.22. The summed E-state index contributed by atoms with van der Waals surface area (Å²) in [6.45, 7) is 5.69. The van der Waals surface area contributed by atoms with E-state index in [9.17, 15) is 68.6 Å². The maximum atomic E-state index is 14.5. The molecule has 1 aliphatic heterocycles. The predicted octanol–water partition coefficient (Wildman–Crippen LogP) is 4.98. The predicted molar refractivity (Wildman–Crippen MR) is 319 cm³/mol. The lowest BCUT2D eigenvalue weighted by molar-refractivity contribution is -0.268. The van der Waals surface area contributed by atoms with Gasteiger partial charge in [0.05, 0.1) is 19.3 Å². The van der Waals surface area contributed by atoms with E-state index in [-0.39, 0.29) is 12.8 Å². The Morgan fingerprint density at radius 3 is 1.55 bits per heavy atom. The van der Waals surface area contributed by atoms with Gasteiger partial charge in [0.25, 0.3) is 0 Å². The molecule has 0 aromatic heterocycles. The van der Waals surface area contributed by atoms with E-state index in [1.165, 1.54) is 96.8 Å². The lowest BCUT2D eigenvalue weighted by Crippen LogP contribution is -2.67. The lowest BCUT2D eigenvalue weighted by atomic mass is 9.89. The minimum Gasteiger partial charge on any atom is -0.479 e. The number of esters is 2. The third-order valence-electron chi connectivity index (χ3n) is 15.9. The average Bonchev–Trinajstić information content (AvgIpc) is 1.66. The number of carbonyl (C=O) groups excluding carboxylic acids is 6. The first-order valence-electron chi connectivity index (χ1n) is 31.4. The Morgan fingerprint density at radius 1 is 0.718 bits per heavy atom. The monoisotopic (exact) mass is 1240 g/mol. The Labute approximate surface area is 505 Å². The van der Waals surface area contributed by atoms with Gasteiger partial charge >= 0.3 is 26.2 Å². The van der Waals surface area contributed by atoms with E-state index in [1.54, 1.807) is 0 Å². The minimum atomic E-state index is -3.93. The summed E-state index contributed by atoms with van der Waals surface area (Å²) in [4.78, 5) is 105. The van der Waals surface area contributed by atoms with E-state index in [4.69, 9.17) is 40.7 Å². The number of hydrogen-bond donors (Lipinski definition) is 11. The Bertz CT molecular complexity index is 1960. The van der Waals surface area contributed by atoms with Gasteiger partial charge in [0, 0.05) is 39.3 Å². The third kappa shape index (κ3) is 30.3. The number of aliphatic hydroxyl groups excluding tert-OH is 4. The van der Waals surface area contributed by atoms with Crippen molar-refractivity contribution in [2.45, 2.75) is 306 Å². The number of carbonyl (C=O) groups is 7. The van der Waals surface area contributed by atoms with Gasteiger partial charge in [-0.15, -0.1) is 0 Å². The van der Waals surface area contributed by atoms with Crippen molar-refractivity contribution < 1.29 is 92.0 Å². The number of rotatable bonds is 51. The number of amides is 4. The van der Waals surface area contributed by atoms with Crippen molar-refractivity contribution in [1.29, 1.82) is 0 Å². The molecular formula is C59H111N6O19P. The van der Waals surface area contributed by atoms with Gasteiger partial charge in [-0.2, -0.15) is 0 Å². The van der Waals surface area contributed by atoms with Crippen molar-refractivity contribution in [3.8, 4) is 0 Å². The van der Waals surface area contributed by atoms with Crippen molar-refractivity contribution in [3.05, 3.63) is 0 Å². The molecule has 26 heteroatoms. The number of aliphatic hydroxyl groups is 4. The molecular weight excluding hydrogens is 1130 g/mol. The first-order chi connectivity index (χ1) is 40.4. The second kappa shape index (κ2) is 44.5. The van der Waals surface area contributed by atoms with Crippen LogP contribution in [0.25, 0.3) is 0 Å². The van der Waals surface area contributed by atoms with E-state index >= 15 is 0 Å². The minimum absolute atomic E-state index is 0.0403. The molecule has 0 bridgehead atoms. The second-order valence-electron chi connectivity index (χ2n) is 23.3. The van der Waals surface area contributed by atoms with Crippen LogP contribution in [0.1, 0.15) is 234 Å². The highest BCUT2D eigenvalue weighted by Crippen LogP contribution is 2.32. The van der Waals surface area contributed by atoms with Gasteiger partial charge in [-0.1, -0.05) is 168 Å². The summed E-state index contributed by atoms with van der Waals surface area (Å²) in [5, 5.41) is 57.8. The van der Waals surface area contributed by atoms with Crippen LogP contribution in [0.3, 0.4) is 0 Å². The molecule has 1 heterocycles. The van der Waals surface area contributed by atoms with Crippen LogP contribution in [0.4, 0.5) is 0 Å². The summed E-state index contributed by atoms with van der Waals surface area (Å²) >= 11 is 0. The SMILES string of the molecule is CCCCCCCCCCCCCCCC(=O)OC([C@H](CO)OC(=O)CCCCCCCCCCCCCCC)[C@@](C)(N)C(=O)N[C@H](CCC(=O)N(CC(C)O[C@H]1[C@H](O)[C@@H](CO)O[C@H](O)[C@@H]1NC(C)=O)[C@@](C)(C(=O)O)C(CN)O[PH](=O)O)C(N)=O. The van der Waals surface area contributed by atoms with Crippen LogP contribution in [0, 0.1) is 0 Å². The third-order valence-corrected chi connectivity index (χ3v) is 16.3. The Hall–Kier alpha value is -3.88. The fourth-order valence-corrected chi connectivity index (χ4v) is 11.2. The van der Waals surface area contributed by atoms with Crippen LogP contribution in [0.15, 0.2) is 0 Å². The summed E-state index contributed by atoms with van der Waals surface area (Å²) in [5.74, 6) is -7.52. The Kier molecular flexibility index (Phi) is 41.5. The fourth-order valence-electron chi connectivity index (χ4n) is 10.6. The number of nitrogens with two attached hydrogens (primary N) is 3. The Balaban J connectivity index is 3.40. The number of carboxylic acids is 1. The lowest BCUT2D eigenvalue weighted by Gasteiger charge is -2.46. The van der Waals surface area contributed by atoms with Crippen LogP contribution >= 0.6 is 8.25 Å². The molecule has 25 nitrogen and oxygen atoms in total. The molecule has 1 rings (SSSR count). The van der Waals surface area contributed by atoms with Crippen molar-refractivity contribution in [1.82, 2.24) is 15.5 Å². The van der Waals surface area contributed by atoms with Crippen LogP contribution in [-0.2, 0) is 61.6 Å². The number of carboxylic acid groups (broad SMARTS) is 1. The number of primary amides is 1. The van der Waals surface area contributed by atoms with Crippen molar-refractivity contribution >= 4 is 49.8 Å². The zero-order valence-corrected chi connectivity index (χ0v) is 53.0. The molecule has 1 fully saturated rings. The molecule has 14 N–H and O–H groups in total. The number of ether oxygens (including phenoxy) is 4. The number of aliphatic carboxylic acids is 1. The Morgan fingerprint density at radius 2 is 1.16 bits per heavy atom. The smallest absolute Gasteiger partial charge is 0.332 e. The van der Waals surface area contributed by atoms with Gasteiger partial charge in [0.2, 0.25) is 23.6 Å². The zero-order chi connectivity index (χ0) is 64.0. The van der Waals surface area contributed by atoms with Gasteiger partial charge < -0.3 is 86.6 Å². The first-order valence-corrected chi connectivity index (χ1v) is 32.7. The van der Waals surface area contributed by atoms with Gasteiger partial charge in [0.1, 0.15) is 42.0 Å². The van der Waals surface area contributed by atoms with Crippen molar-refractivity contribution in [3.63, 3.8) is 0 Å². The standard InChI is InChI=1S/C59H111N6O19P/c1-7-9-11-13-15-17-19-21-23-25-27-29-31-33-48(70)81-45(40-67)53(83-49(71)34-32-30-28-26-24-22-20-18-16-14-12-10-8-2)58(5,62)56(75)64-43(54(61)73)35-36-47(69)65(59(6,57(76)77)46(37-60)84-85(78)79)38-41(3)80-52-50(63-42(4)68)55(74)82-44(39-66)51(52)72/h41,43-46,50-53,55,66-67,72,74,85H,7-40,60,62H2,1-6H3,(H2,61,73)(H,63,68)(H,64,75)(H,76,77)(H,78,79)/t41?,43-,44-,45+,46?,50-,51-,52-,53?,55+,58-,59-/m1/s1. The van der Waals surface area contributed by atoms with Gasteiger partial charge in [-0.3, -0.25) is 33.3 Å². The van der Waals surface area contributed by atoms with E-state index in [0.29, 0.717) is 24.2 Å². The molecule has 1 aliphatic rings. The molecule has 0 aromatic rings. The highest BCUT2D eigenvalue weighted by Gasteiger charge is 2.52. The first kappa shape index (κ1) is 79.1. The number of unbranched alkanes of at least 4 members (excludes halogenated alkanes) is 24. The molecule has 0 saturated carbocycles. The van der Waals surface area contributed by atoms with Crippen LogP contribution in [0.5, 0.6) is 0 Å². The average molecular weight is 1240 g/mol. The van der Waals surface area contributed by atoms with Crippen molar-refractivity contribution in [2.75, 3.05) is 26.3 Å². The molecule has 4 amide bonds.